The predicted octanol–water partition coefficient (Wildman–Crippen LogP) is 3.25. The number of benzene rings is 1. The molecule has 0 saturated carbocycles. The van der Waals surface area contributed by atoms with Crippen LogP contribution in [0.5, 0.6) is 0 Å². The van der Waals surface area contributed by atoms with E-state index in [4.69, 9.17) is 4.98 Å². The van der Waals surface area contributed by atoms with Gasteiger partial charge < -0.3 is 10.2 Å². The first-order valence-electron chi connectivity index (χ1n) is 9.31. The molecule has 29 heavy (non-hydrogen) atoms. The summed E-state index contributed by atoms with van der Waals surface area (Å²) in [5.74, 6) is -0.0625. The number of pyridine rings is 1. The van der Waals surface area contributed by atoms with Crippen LogP contribution in [0.4, 0.5) is 5.13 Å². The van der Waals surface area contributed by atoms with Gasteiger partial charge in [0.05, 0.1) is 22.6 Å². The molecule has 4 rings (SSSR count). The minimum atomic E-state index is -0.0625. The fourth-order valence-corrected chi connectivity index (χ4v) is 3.94. The van der Waals surface area contributed by atoms with E-state index in [9.17, 15) is 4.79 Å². The number of likely N-dealkylation sites (N-methyl/N-ethyl adjacent to an activating group) is 1. The molecule has 3 aromatic heterocycles. The molecule has 7 nitrogen and oxygen atoms in total. The Kier molecular flexibility index (Phi) is 5.26. The number of amides is 1. The van der Waals surface area contributed by atoms with Gasteiger partial charge in [-0.25, -0.2) is 4.68 Å². The zero-order valence-electron chi connectivity index (χ0n) is 16.6. The van der Waals surface area contributed by atoms with Gasteiger partial charge in [0.1, 0.15) is 0 Å². The molecule has 148 valence electrons. The smallest absolute Gasteiger partial charge is 0.239 e. The normalized spacial score (nSPS) is 11.0. The van der Waals surface area contributed by atoms with Crippen LogP contribution in [-0.2, 0) is 11.3 Å². The van der Waals surface area contributed by atoms with E-state index < -0.39 is 0 Å². The molecule has 0 aliphatic heterocycles. The second-order valence-corrected chi connectivity index (χ2v) is 7.95. The Hall–Kier alpha value is -3.26. The minimum absolute atomic E-state index is 0.0625. The van der Waals surface area contributed by atoms with Crippen molar-refractivity contribution in [3.05, 3.63) is 65.6 Å². The van der Waals surface area contributed by atoms with E-state index in [1.54, 1.807) is 23.7 Å². The van der Waals surface area contributed by atoms with Crippen molar-refractivity contribution in [1.82, 2.24) is 25.1 Å². The minimum Gasteiger partial charge on any atom is -0.350 e. The van der Waals surface area contributed by atoms with Crippen LogP contribution in [0, 0.1) is 13.8 Å². The first-order valence-corrected chi connectivity index (χ1v) is 10.1. The Balaban J connectivity index is 1.49. The van der Waals surface area contributed by atoms with Crippen molar-refractivity contribution in [1.29, 1.82) is 0 Å². The van der Waals surface area contributed by atoms with Gasteiger partial charge in [-0.05, 0) is 37.6 Å². The van der Waals surface area contributed by atoms with Crippen molar-refractivity contribution in [3.8, 4) is 5.69 Å². The summed E-state index contributed by atoms with van der Waals surface area (Å²) in [7, 11) is 1.88. The molecule has 1 N–H and O–H groups in total. The number of fused-ring (bicyclic) bond motifs is 1. The average molecular weight is 407 g/mol. The SMILES string of the molecule is Cc1ccc(-n2nc(C)c3sc(N(C)CC(=O)NCc4cccnc4)nc32)cc1. The Morgan fingerprint density at radius 1 is 1.21 bits per heavy atom. The second kappa shape index (κ2) is 8.00. The van der Waals surface area contributed by atoms with Crippen LogP contribution in [0.15, 0.2) is 48.8 Å². The van der Waals surface area contributed by atoms with Crippen LogP contribution in [0.3, 0.4) is 0 Å². The van der Waals surface area contributed by atoms with Crippen molar-refractivity contribution in [2.24, 2.45) is 0 Å². The fourth-order valence-electron chi connectivity index (χ4n) is 2.99. The number of nitrogens with zero attached hydrogens (tertiary/aromatic N) is 5. The third kappa shape index (κ3) is 4.12. The quantitative estimate of drug-likeness (QED) is 0.532. The van der Waals surface area contributed by atoms with Gasteiger partial charge in [0.15, 0.2) is 10.8 Å². The number of aromatic nitrogens is 4. The zero-order chi connectivity index (χ0) is 20.4. The molecule has 0 saturated heterocycles. The molecule has 0 atom stereocenters. The van der Waals surface area contributed by atoms with E-state index in [-0.39, 0.29) is 12.5 Å². The molecule has 1 aromatic carbocycles. The Morgan fingerprint density at radius 2 is 2.00 bits per heavy atom. The predicted molar refractivity (Wildman–Crippen MR) is 116 cm³/mol. The number of nitrogens with one attached hydrogen (secondary N) is 1. The maximum absolute atomic E-state index is 12.3. The lowest BCUT2D eigenvalue weighted by Gasteiger charge is -2.15. The van der Waals surface area contributed by atoms with Crippen molar-refractivity contribution in [2.45, 2.75) is 20.4 Å². The first kappa shape index (κ1) is 19.1. The van der Waals surface area contributed by atoms with Crippen molar-refractivity contribution < 1.29 is 4.79 Å². The summed E-state index contributed by atoms with van der Waals surface area (Å²) in [6.45, 7) is 4.73. The van der Waals surface area contributed by atoms with E-state index in [0.717, 1.165) is 32.4 Å². The summed E-state index contributed by atoms with van der Waals surface area (Å²) in [6.07, 6.45) is 3.46. The Bertz CT molecular complexity index is 1130. The van der Waals surface area contributed by atoms with E-state index in [1.807, 2.05) is 47.8 Å². The number of thiazole rings is 1. The summed E-state index contributed by atoms with van der Waals surface area (Å²) in [4.78, 5) is 23.0. The molecular formula is C21H22N6OS. The van der Waals surface area contributed by atoms with Gasteiger partial charge in [0.25, 0.3) is 0 Å². The number of hydrogen-bond donors (Lipinski definition) is 1. The molecule has 0 spiro atoms. The van der Waals surface area contributed by atoms with E-state index >= 15 is 0 Å². The highest BCUT2D eigenvalue weighted by Gasteiger charge is 2.18. The summed E-state index contributed by atoms with van der Waals surface area (Å²) in [5, 5.41) is 8.34. The lowest BCUT2D eigenvalue weighted by Crippen LogP contribution is -2.34. The van der Waals surface area contributed by atoms with Gasteiger partial charge in [-0.2, -0.15) is 10.1 Å². The number of carbonyl (C=O) groups is 1. The summed E-state index contributed by atoms with van der Waals surface area (Å²) < 4.78 is 2.89. The molecule has 3 heterocycles. The molecule has 0 bridgehead atoms. The maximum atomic E-state index is 12.3. The Morgan fingerprint density at radius 3 is 2.72 bits per heavy atom. The number of rotatable bonds is 6. The number of aryl methyl sites for hydroxylation is 2. The molecule has 8 heteroatoms. The molecule has 0 aliphatic carbocycles. The van der Waals surface area contributed by atoms with Crippen LogP contribution < -0.4 is 10.2 Å². The lowest BCUT2D eigenvalue weighted by molar-refractivity contribution is -0.119. The largest absolute Gasteiger partial charge is 0.350 e. The standard InChI is InChI=1S/C21H22N6OS/c1-14-6-8-17(9-7-14)27-20-19(15(2)25-27)29-21(24-20)26(3)13-18(28)23-12-16-5-4-10-22-11-16/h4-11H,12-13H2,1-3H3,(H,23,28). The molecule has 0 radical (unpaired) electrons. The van der Waals surface area contributed by atoms with Gasteiger partial charge in [-0.3, -0.25) is 9.78 Å². The number of anilines is 1. The second-order valence-electron chi connectivity index (χ2n) is 6.98. The number of hydrogen-bond acceptors (Lipinski definition) is 6. The molecule has 0 unspecified atom stereocenters. The lowest BCUT2D eigenvalue weighted by atomic mass is 10.2. The highest BCUT2D eigenvalue weighted by atomic mass is 32.1. The van der Waals surface area contributed by atoms with Gasteiger partial charge in [0.2, 0.25) is 5.91 Å². The molecule has 4 aromatic rings. The van der Waals surface area contributed by atoms with Crippen molar-refractivity contribution >= 4 is 32.7 Å². The van der Waals surface area contributed by atoms with Crippen LogP contribution in [-0.4, -0.2) is 39.2 Å². The van der Waals surface area contributed by atoms with Crippen LogP contribution in [0.25, 0.3) is 16.0 Å². The van der Waals surface area contributed by atoms with Crippen molar-refractivity contribution in [2.75, 3.05) is 18.5 Å². The number of carbonyl (C=O) groups excluding carboxylic acids is 1. The third-order valence-electron chi connectivity index (χ3n) is 4.58. The Labute approximate surface area is 173 Å². The van der Waals surface area contributed by atoms with E-state index in [2.05, 4.69) is 34.5 Å². The van der Waals surface area contributed by atoms with Gasteiger partial charge >= 0.3 is 0 Å². The third-order valence-corrected chi connectivity index (χ3v) is 5.84. The average Bonchev–Trinajstić information content (AvgIpc) is 3.29. The fraction of sp³-hybridized carbons (Fsp3) is 0.238. The highest BCUT2D eigenvalue weighted by Crippen LogP contribution is 2.32. The zero-order valence-corrected chi connectivity index (χ0v) is 17.4. The molecule has 1 amide bonds. The van der Waals surface area contributed by atoms with Crippen LogP contribution in [0.1, 0.15) is 16.8 Å². The molecular weight excluding hydrogens is 384 g/mol. The molecule has 0 aliphatic rings. The maximum Gasteiger partial charge on any atom is 0.239 e. The topological polar surface area (TPSA) is 75.9 Å². The highest BCUT2D eigenvalue weighted by molar-refractivity contribution is 7.22. The van der Waals surface area contributed by atoms with Crippen LogP contribution >= 0.6 is 11.3 Å². The van der Waals surface area contributed by atoms with E-state index in [1.165, 1.54) is 5.56 Å². The van der Waals surface area contributed by atoms with Gasteiger partial charge in [-0.15, -0.1) is 0 Å². The van der Waals surface area contributed by atoms with E-state index in [0.29, 0.717) is 6.54 Å². The summed E-state index contributed by atoms with van der Waals surface area (Å²) >= 11 is 1.55. The summed E-state index contributed by atoms with van der Waals surface area (Å²) in [6, 6.07) is 12.0. The van der Waals surface area contributed by atoms with Gasteiger partial charge in [-0.1, -0.05) is 35.1 Å². The first-order chi connectivity index (χ1) is 14.0. The van der Waals surface area contributed by atoms with Crippen LogP contribution in [0.2, 0.25) is 0 Å². The summed E-state index contributed by atoms with van der Waals surface area (Å²) in [5.41, 5.74) is 4.89. The van der Waals surface area contributed by atoms with Gasteiger partial charge in [0, 0.05) is 26.0 Å². The van der Waals surface area contributed by atoms with Crippen molar-refractivity contribution in [3.63, 3.8) is 0 Å². The monoisotopic (exact) mass is 406 g/mol. The molecule has 0 fully saturated rings.